The second-order valence-electron chi connectivity index (χ2n) is 8.36. The lowest BCUT2D eigenvalue weighted by atomic mass is 10.1. The van der Waals surface area contributed by atoms with Gasteiger partial charge in [-0.15, -0.1) is 11.3 Å². The third-order valence-corrected chi connectivity index (χ3v) is 7.01. The van der Waals surface area contributed by atoms with Crippen LogP contribution in [0.15, 0.2) is 47.8 Å². The van der Waals surface area contributed by atoms with E-state index in [2.05, 4.69) is 15.0 Å². The van der Waals surface area contributed by atoms with Gasteiger partial charge >= 0.3 is 5.97 Å². The number of nitrogens with zero attached hydrogens (tertiary/aromatic N) is 5. The molecule has 4 heterocycles. The van der Waals surface area contributed by atoms with Gasteiger partial charge in [0.1, 0.15) is 5.82 Å². The highest BCUT2D eigenvalue weighted by Crippen LogP contribution is 2.29. The minimum atomic E-state index is -0.579. The molecule has 0 atom stereocenters. The lowest BCUT2D eigenvalue weighted by molar-refractivity contribution is -0.134. The van der Waals surface area contributed by atoms with E-state index in [-0.39, 0.29) is 18.3 Å². The summed E-state index contributed by atoms with van der Waals surface area (Å²) in [5, 5.41) is 6.98. The Balaban J connectivity index is 1.27. The highest BCUT2D eigenvalue weighted by molar-refractivity contribution is 7.13. The number of halogens is 1. The van der Waals surface area contributed by atoms with E-state index in [1.807, 2.05) is 24.4 Å². The molecule has 0 bridgehead atoms. The maximum atomic E-state index is 13.2. The van der Waals surface area contributed by atoms with Crippen molar-refractivity contribution in [3.63, 3.8) is 0 Å². The fraction of sp³-hybridized carbons (Fsp3) is 0.280. The van der Waals surface area contributed by atoms with Crippen LogP contribution in [0.25, 0.3) is 21.6 Å². The largest absolute Gasteiger partial charge is 0.452 e. The number of piperazine rings is 1. The zero-order valence-corrected chi connectivity index (χ0v) is 20.2. The Morgan fingerprint density at radius 1 is 1.11 bits per heavy atom. The summed E-state index contributed by atoms with van der Waals surface area (Å²) < 4.78 is 20.3. The number of benzene rings is 1. The SMILES string of the molecule is Cc1nn(C)c2nc(-c3cccs3)cc(C(=O)OCC(=O)N3CCN(c4ccc(F)cc4)CC3)c12. The molecule has 0 N–H and O–H groups in total. The fourth-order valence-corrected chi connectivity index (χ4v) is 5.00. The third kappa shape index (κ3) is 4.61. The second-order valence-corrected chi connectivity index (χ2v) is 9.31. The smallest absolute Gasteiger partial charge is 0.339 e. The van der Waals surface area contributed by atoms with Gasteiger partial charge in [0.05, 0.1) is 27.2 Å². The molecule has 5 rings (SSSR count). The number of hydrogen-bond donors (Lipinski definition) is 0. The van der Waals surface area contributed by atoms with Crippen LogP contribution in [0, 0.1) is 12.7 Å². The number of esters is 1. The van der Waals surface area contributed by atoms with Gasteiger partial charge in [0.15, 0.2) is 12.3 Å². The first-order valence-electron chi connectivity index (χ1n) is 11.2. The maximum absolute atomic E-state index is 13.2. The first-order chi connectivity index (χ1) is 16.9. The first kappa shape index (κ1) is 23.0. The number of carbonyl (C=O) groups excluding carboxylic acids is 2. The molecule has 0 unspecified atom stereocenters. The molecule has 0 spiro atoms. The number of fused-ring (bicyclic) bond motifs is 1. The number of rotatable bonds is 5. The van der Waals surface area contributed by atoms with E-state index in [0.717, 1.165) is 10.6 Å². The summed E-state index contributed by atoms with van der Waals surface area (Å²) in [7, 11) is 1.78. The summed E-state index contributed by atoms with van der Waals surface area (Å²) in [5.41, 5.74) is 3.18. The van der Waals surface area contributed by atoms with Gasteiger partial charge in [0.2, 0.25) is 0 Å². The van der Waals surface area contributed by atoms with Crippen molar-refractivity contribution in [2.24, 2.45) is 7.05 Å². The van der Waals surface area contributed by atoms with Crippen LogP contribution in [0.5, 0.6) is 0 Å². The molecule has 1 saturated heterocycles. The van der Waals surface area contributed by atoms with Gasteiger partial charge < -0.3 is 14.5 Å². The molecule has 1 aliphatic rings. The molecule has 1 aliphatic heterocycles. The Morgan fingerprint density at radius 2 is 1.86 bits per heavy atom. The quantitative estimate of drug-likeness (QED) is 0.395. The van der Waals surface area contributed by atoms with Crippen molar-refractivity contribution >= 4 is 39.9 Å². The minimum absolute atomic E-state index is 0.246. The number of amides is 1. The van der Waals surface area contributed by atoms with Crippen LogP contribution in [0.3, 0.4) is 0 Å². The van der Waals surface area contributed by atoms with E-state index >= 15 is 0 Å². The van der Waals surface area contributed by atoms with Crippen LogP contribution < -0.4 is 4.90 Å². The minimum Gasteiger partial charge on any atom is -0.452 e. The van der Waals surface area contributed by atoms with Crippen LogP contribution in [0.4, 0.5) is 10.1 Å². The van der Waals surface area contributed by atoms with Gasteiger partial charge in [-0.05, 0) is 48.7 Å². The molecule has 35 heavy (non-hydrogen) atoms. The average molecular weight is 494 g/mol. The van der Waals surface area contributed by atoms with Crippen molar-refractivity contribution in [2.45, 2.75) is 6.92 Å². The molecule has 4 aromatic rings. The summed E-state index contributed by atoms with van der Waals surface area (Å²) in [4.78, 5) is 35.3. The Bertz CT molecular complexity index is 1380. The van der Waals surface area contributed by atoms with Crippen molar-refractivity contribution in [1.82, 2.24) is 19.7 Å². The number of aromatic nitrogens is 3. The van der Waals surface area contributed by atoms with Crippen molar-refractivity contribution in [3.05, 3.63) is 64.9 Å². The van der Waals surface area contributed by atoms with Gasteiger partial charge in [-0.3, -0.25) is 9.48 Å². The van der Waals surface area contributed by atoms with Crippen LogP contribution in [-0.4, -0.2) is 64.3 Å². The summed E-state index contributed by atoms with van der Waals surface area (Å²) in [6.07, 6.45) is 0. The molecule has 180 valence electrons. The Hall–Kier alpha value is -3.79. The first-order valence-corrected chi connectivity index (χ1v) is 12.1. The predicted octanol–water partition coefficient (Wildman–Crippen LogP) is 3.65. The second kappa shape index (κ2) is 9.46. The summed E-state index contributed by atoms with van der Waals surface area (Å²) in [6, 6.07) is 11.9. The summed E-state index contributed by atoms with van der Waals surface area (Å²) >= 11 is 1.53. The molecule has 8 nitrogen and oxygen atoms in total. The molecular formula is C25H24FN5O3S. The molecule has 3 aromatic heterocycles. The van der Waals surface area contributed by atoms with Crippen molar-refractivity contribution in [1.29, 1.82) is 0 Å². The van der Waals surface area contributed by atoms with E-state index in [1.54, 1.807) is 34.8 Å². The van der Waals surface area contributed by atoms with Gasteiger partial charge in [-0.1, -0.05) is 6.07 Å². The molecule has 0 saturated carbocycles. The van der Waals surface area contributed by atoms with Crippen LogP contribution in [-0.2, 0) is 16.6 Å². The maximum Gasteiger partial charge on any atom is 0.339 e. The number of pyridine rings is 1. The van der Waals surface area contributed by atoms with Crippen molar-refractivity contribution in [3.8, 4) is 10.6 Å². The number of aryl methyl sites for hydroxylation is 2. The van der Waals surface area contributed by atoms with Crippen LogP contribution in [0.2, 0.25) is 0 Å². The van der Waals surface area contributed by atoms with Crippen LogP contribution >= 0.6 is 11.3 Å². The van der Waals surface area contributed by atoms with Gasteiger partial charge in [-0.2, -0.15) is 5.10 Å². The zero-order valence-electron chi connectivity index (χ0n) is 19.4. The average Bonchev–Trinajstić information content (AvgIpc) is 3.51. The Kier molecular flexibility index (Phi) is 6.21. The molecular weight excluding hydrogens is 469 g/mol. The van der Waals surface area contributed by atoms with E-state index in [0.29, 0.717) is 54.2 Å². The van der Waals surface area contributed by atoms with E-state index in [9.17, 15) is 14.0 Å². The van der Waals surface area contributed by atoms with E-state index in [1.165, 1.54) is 23.5 Å². The molecule has 0 aliphatic carbocycles. The molecule has 0 radical (unpaired) electrons. The van der Waals surface area contributed by atoms with Gasteiger partial charge in [0, 0.05) is 38.9 Å². The fourth-order valence-electron chi connectivity index (χ4n) is 4.32. The number of carbonyl (C=O) groups is 2. The molecule has 1 amide bonds. The highest BCUT2D eigenvalue weighted by Gasteiger charge is 2.25. The van der Waals surface area contributed by atoms with Crippen molar-refractivity contribution in [2.75, 3.05) is 37.7 Å². The van der Waals surface area contributed by atoms with Gasteiger partial charge in [0.25, 0.3) is 5.91 Å². The third-order valence-electron chi connectivity index (χ3n) is 6.11. The summed E-state index contributed by atoms with van der Waals surface area (Å²) in [6.45, 7) is 3.71. The Morgan fingerprint density at radius 3 is 2.54 bits per heavy atom. The normalized spacial score (nSPS) is 13.9. The molecule has 1 fully saturated rings. The number of ether oxygens (including phenoxy) is 1. The molecule has 1 aromatic carbocycles. The van der Waals surface area contributed by atoms with Crippen LogP contribution in [0.1, 0.15) is 16.1 Å². The summed E-state index contributed by atoms with van der Waals surface area (Å²) in [5.74, 6) is -1.10. The lowest BCUT2D eigenvalue weighted by Gasteiger charge is -2.36. The monoisotopic (exact) mass is 493 g/mol. The van der Waals surface area contributed by atoms with E-state index in [4.69, 9.17) is 4.74 Å². The highest BCUT2D eigenvalue weighted by atomic mass is 32.1. The number of anilines is 1. The molecule has 10 heteroatoms. The number of hydrogen-bond acceptors (Lipinski definition) is 7. The lowest BCUT2D eigenvalue weighted by Crippen LogP contribution is -2.49. The van der Waals surface area contributed by atoms with E-state index < -0.39 is 5.97 Å². The predicted molar refractivity (Wildman–Crippen MR) is 132 cm³/mol. The zero-order chi connectivity index (χ0) is 24.5. The van der Waals surface area contributed by atoms with Gasteiger partial charge in [-0.25, -0.2) is 14.2 Å². The number of thiophene rings is 1. The standard InChI is InChI=1S/C25H24FN5O3S/c1-16-23-19(14-20(21-4-3-13-35-21)27-24(23)29(2)28-16)25(33)34-15-22(32)31-11-9-30(10-12-31)18-7-5-17(26)6-8-18/h3-8,13-14H,9-12,15H2,1-2H3. The van der Waals surface area contributed by atoms with Crippen molar-refractivity contribution < 1.29 is 18.7 Å². The Labute approximate surface area is 205 Å². The topological polar surface area (TPSA) is 80.6 Å².